The van der Waals surface area contributed by atoms with Crippen molar-refractivity contribution in [2.24, 2.45) is 0 Å². The molecule has 0 atom stereocenters. The lowest BCUT2D eigenvalue weighted by molar-refractivity contribution is 0.256. The molecule has 0 bridgehead atoms. The Morgan fingerprint density at radius 2 is 1.92 bits per heavy atom. The molecule has 0 spiro atoms. The Bertz CT molecular complexity index is 865. The number of pyridine rings is 1. The lowest BCUT2D eigenvalue weighted by atomic mass is 9.86. The molecular weight excluding hydrogens is 328 g/mol. The van der Waals surface area contributed by atoms with Gasteiger partial charge >= 0.3 is 6.03 Å². The van der Waals surface area contributed by atoms with Gasteiger partial charge in [0, 0.05) is 42.6 Å². The third-order valence-electron chi connectivity index (χ3n) is 5.43. The van der Waals surface area contributed by atoms with E-state index in [4.69, 9.17) is 0 Å². The minimum absolute atomic E-state index is 0.00643. The van der Waals surface area contributed by atoms with E-state index in [1.807, 2.05) is 34.9 Å². The molecule has 0 unspecified atom stereocenters. The van der Waals surface area contributed by atoms with Gasteiger partial charge in [-0.15, -0.1) is 0 Å². The molecule has 2 aliphatic rings. The highest BCUT2D eigenvalue weighted by atomic mass is 16.3. The van der Waals surface area contributed by atoms with Crippen molar-refractivity contribution in [3.8, 4) is 0 Å². The fourth-order valence-corrected chi connectivity index (χ4v) is 4.02. The van der Waals surface area contributed by atoms with Gasteiger partial charge in [0.1, 0.15) is 6.73 Å². The summed E-state index contributed by atoms with van der Waals surface area (Å²) < 4.78 is 0. The number of benzene rings is 1. The predicted molar refractivity (Wildman–Crippen MR) is 103 cm³/mol. The standard InChI is InChI=1S/C20H24N4O2/c1-14-6-7-21-11-18(14)24-9-8-23(19(24)26)15-4-5-17-16(10-15)20(2,3)12-22(17)13-25/h4-7,10-11,25H,8-9,12-13H2,1-3H3. The van der Waals surface area contributed by atoms with Crippen molar-refractivity contribution in [1.29, 1.82) is 0 Å². The second-order valence-electron chi connectivity index (χ2n) is 7.67. The summed E-state index contributed by atoms with van der Waals surface area (Å²) in [5.41, 5.74) is 4.99. The van der Waals surface area contributed by atoms with E-state index in [1.54, 1.807) is 17.3 Å². The summed E-state index contributed by atoms with van der Waals surface area (Å²) in [5.74, 6) is 0. The molecule has 1 aromatic heterocycles. The number of carbonyl (C=O) groups excluding carboxylic acids is 1. The second kappa shape index (κ2) is 5.99. The van der Waals surface area contributed by atoms with Crippen molar-refractivity contribution in [2.75, 3.05) is 41.1 Å². The molecule has 2 amide bonds. The Morgan fingerprint density at radius 1 is 1.15 bits per heavy atom. The van der Waals surface area contributed by atoms with Crippen molar-refractivity contribution in [3.63, 3.8) is 0 Å². The smallest absolute Gasteiger partial charge is 0.329 e. The largest absolute Gasteiger partial charge is 0.376 e. The molecule has 1 saturated heterocycles. The summed E-state index contributed by atoms with van der Waals surface area (Å²) in [7, 11) is 0. The Morgan fingerprint density at radius 3 is 2.65 bits per heavy atom. The van der Waals surface area contributed by atoms with E-state index in [2.05, 4.69) is 24.9 Å². The molecule has 136 valence electrons. The quantitative estimate of drug-likeness (QED) is 0.923. The average molecular weight is 352 g/mol. The summed E-state index contributed by atoms with van der Waals surface area (Å²) >= 11 is 0. The second-order valence-corrected chi connectivity index (χ2v) is 7.67. The highest BCUT2D eigenvalue weighted by Crippen LogP contribution is 2.42. The zero-order valence-electron chi connectivity index (χ0n) is 15.4. The van der Waals surface area contributed by atoms with E-state index in [9.17, 15) is 9.90 Å². The van der Waals surface area contributed by atoms with Gasteiger partial charge in [0.25, 0.3) is 0 Å². The molecule has 0 aliphatic carbocycles. The van der Waals surface area contributed by atoms with E-state index < -0.39 is 0 Å². The van der Waals surface area contributed by atoms with Crippen LogP contribution in [0.2, 0.25) is 0 Å². The van der Waals surface area contributed by atoms with E-state index in [0.29, 0.717) is 13.1 Å². The number of aryl methyl sites for hydroxylation is 1. The first-order chi connectivity index (χ1) is 12.4. The third-order valence-corrected chi connectivity index (χ3v) is 5.43. The molecular formula is C20H24N4O2. The number of aliphatic hydroxyl groups is 1. The number of nitrogens with zero attached hydrogens (tertiary/aromatic N) is 4. The highest BCUT2D eigenvalue weighted by molar-refractivity contribution is 6.06. The number of amides is 2. The molecule has 6 heteroatoms. The van der Waals surface area contributed by atoms with Gasteiger partial charge in [-0.3, -0.25) is 14.8 Å². The number of hydrogen-bond donors (Lipinski definition) is 1. The molecule has 1 fully saturated rings. The van der Waals surface area contributed by atoms with Crippen LogP contribution < -0.4 is 14.7 Å². The SMILES string of the molecule is Cc1ccncc1N1CCN(c2ccc3c(c2)C(C)(C)CN3CO)C1=O. The maximum Gasteiger partial charge on any atom is 0.329 e. The van der Waals surface area contributed by atoms with Gasteiger partial charge in [-0.2, -0.15) is 0 Å². The van der Waals surface area contributed by atoms with Crippen LogP contribution >= 0.6 is 0 Å². The summed E-state index contributed by atoms with van der Waals surface area (Å²) in [6.45, 7) is 8.41. The maximum absolute atomic E-state index is 13.0. The molecule has 6 nitrogen and oxygen atoms in total. The zero-order valence-corrected chi connectivity index (χ0v) is 15.4. The normalized spacial score (nSPS) is 18.6. The van der Waals surface area contributed by atoms with Gasteiger partial charge < -0.3 is 10.0 Å². The van der Waals surface area contributed by atoms with Crippen molar-refractivity contribution in [3.05, 3.63) is 47.8 Å². The summed E-state index contributed by atoms with van der Waals surface area (Å²) in [6, 6.07) is 7.99. The molecule has 1 aromatic carbocycles. The third kappa shape index (κ3) is 2.52. The Labute approximate surface area is 153 Å². The van der Waals surface area contributed by atoms with E-state index in [0.717, 1.165) is 29.2 Å². The first-order valence-corrected chi connectivity index (χ1v) is 8.92. The first-order valence-electron chi connectivity index (χ1n) is 8.92. The molecule has 0 radical (unpaired) electrons. The monoisotopic (exact) mass is 352 g/mol. The van der Waals surface area contributed by atoms with Gasteiger partial charge in [0.15, 0.2) is 0 Å². The lowest BCUT2D eigenvalue weighted by Gasteiger charge is -2.22. The van der Waals surface area contributed by atoms with Crippen LogP contribution in [0.25, 0.3) is 0 Å². The van der Waals surface area contributed by atoms with Crippen LogP contribution in [0.5, 0.6) is 0 Å². The number of aliphatic hydroxyl groups excluding tert-OH is 1. The summed E-state index contributed by atoms with van der Waals surface area (Å²) in [6.07, 6.45) is 3.49. The maximum atomic E-state index is 13.0. The number of carbonyl (C=O) groups is 1. The number of urea groups is 1. The molecule has 1 N–H and O–H groups in total. The molecule has 26 heavy (non-hydrogen) atoms. The predicted octanol–water partition coefficient (Wildman–Crippen LogP) is 2.88. The number of hydrogen-bond acceptors (Lipinski definition) is 4. The van der Waals surface area contributed by atoms with Gasteiger partial charge in [0.05, 0.1) is 11.9 Å². The van der Waals surface area contributed by atoms with Crippen molar-refractivity contribution < 1.29 is 9.90 Å². The zero-order chi connectivity index (χ0) is 18.5. The van der Waals surface area contributed by atoms with Crippen LogP contribution in [0.1, 0.15) is 25.0 Å². The molecule has 2 aromatic rings. The minimum Gasteiger partial charge on any atom is -0.376 e. The number of aromatic nitrogens is 1. The van der Waals surface area contributed by atoms with E-state index in [-0.39, 0.29) is 18.2 Å². The van der Waals surface area contributed by atoms with Crippen molar-refractivity contribution in [2.45, 2.75) is 26.2 Å². The van der Waals surface area contributed by atoms with Crippen LogP contribution in [0.15, 0.2) is 36.7 Å². The highest BCUT2D eigenvalue weighted by Gasteiger charge is 2.37. The first kappa shape index (κ1) is 16.8. The number of fused-ring (bicyclic) bond motifs is 1. The van der Waals surface area contributed by atoms with Crippen molar-refractivity contribution >= 4 is 23.1 Å². The fraction of sp³-hybridized carbons (Fsp3) is 0.400. The molecule has 0 saturated carbocycles. The van der Waals surface area contributed by atoms with E-state index >= 15 is 0 Å². The summed E-state index contributed by atoms with van der Waals surface area (Å²) in [5, 5.41) is 9.60. The topological polar surface area (TPSA) is 59.9 Å². The van der Waals surface area contributed by atoms with Crippen molar-refractivity contribution in [1.82, 2.24) is 4.98 Å². The lowest BCUT2D eigenvalue weighted by Crippen LogP contribution is -2.32. The number of anilines is 3. The van der Waals surface area contributed by atoms with Crippen LogP contribution in [0.3, 0.4) is 0 Å². The summed E-state index contributed by atoms with van der Waals surface area (Å²) in [4.78, 5) is 22.8. The Kier molecular flexibility index (Phi) is 3.88. The van der Waals surface area contributed by atoms with Gasteiger partial charge in [0.2, 0.25) is 0 Å². The Hall–Kier alpha value is -2.60. The minimum atomic E-state index is -0.0591. The van der Waals surface area contributed by atoms with Gasteiger partial charge in [-0.05, 0) is 42.3 Å². The van der Waals surface area contributed by atoms with Crippen LogP contribution in [0, 0.1) is 6.92 Å². The molecule has 4 rings (SSSR count). The molecule has 2 aliphatic heterocycles. The molecule has 3 heterocycles. The Balaban J connectivity index is 1.66. The van der Waals surface area contributed by atoms with Crippen LogP contribution in [0.4, 0.5) is 21.9 Å². The average Bonchev–Trinajstić information content (AvgIpc) is 3.12. The fourth-order valence-electron chi connectivity index (χ4n) is 4.02. The number of rotatable bonds is 3. The van der Waals surface area contributed by atoms with E-state index in [1.165, 1.54) is 5.56 Å². The van der Waals surface area contributed by atoms with Crippen LogP contribution in [-0.2, 0) is 5.41 Å². The van der Waals surface area contributed by atoms with Gasteiger partial charge in [-0.1, -0.05) is 13.8 Å². The van der Waals surface area contributed by atoms with Gasteiger partial charge in [-0.25, -0.2) is 4.79 Å². The van der Waals surface area contributed by atoms with Crippen LogP contribution in [-0.4, -0.2) is 42.5 Å².